The van der Waals surface area contributed by atoms with Crippen LogP contribution in [0, 0.1) is 0 Å². The van der Waals surface area contributed by atoms with Gasteiger partial charge in [0.05, 0.1) is 6.10 Å². The fourth-order valence-electron chi connectivity index (χ4n) is 2.44. The largest absolute Gasteiger partial charge is 0.378 e. The second kappa shape index (κ2) is 7.13. The fourth-order valence-corrected chi connectivity index (χ4v) is 2.57. The van der Waals surface area contributed by atoms with E-state index in [2.05, 4.69) is 24.4 Å². The Bertz CT molecular complexity index is 346. The molecule has 1 fully saturated rings. The van der Waals surface area contributed by atoms with E-state index in [-0.39, 0.29) is 0 Å². The summed E-state index contributed by atoms with van der Waals surface area (Å²) >= 11 is 5.95. The highest BCUT2D eigenvalue weighted by molar-refractivity contribution is 6.30. The van der Waals surface area contributed by atoms with Crippen LogP contribution >= 0.6 is 11.6 Å². The monoisotopic (exact) mass is 267 g/mol. The number of halogens is 1. The van der Waals surface area contributed by atoms with Crippen molar-refractivity contribution in [3.05, 3.63) is 34.9 Å². The molecule has 2 unspecified atom stereocenters. The van der Waals surface area contributed by atoms with Gasteiger partial charge in [-0.3, -0.25) is 0 Å². The molecule has 1 aliphatic heterocycles. The van der Waals surface area contributed by atoms with Crippen molar-refractivity contribution >= 4 is 11.6 Å². The standard InChI is InChI=1S/C15H22ClNO/c1-2-9-17-15(11-14-4-3-10-18-14)12-5-7-13(16)8-6-12/h5-8,14-15,17H,2-4,9-11H2,1H3. The van der Waals surface area contributed by atoms with Crippen molar-refractivity contribution in [2.75, 3.05) is 13.2 Å². The highest BCUT2D eigenvalue weighted by Crippen LogP contribution is 2.26. The van der Waals surface area contributed by atoms with Gasteiger partial charge in [0.25, 0.3) is 0 Å². The van der Waals surface area contributed by atoms with Crippen molar-refractivity contribution in [2.24, 2.45) is 0 Å². The normalized spacial score (nSPS) is 21.1. The average molecular weight is 268 g/mol. The number of ether oxygens (including phenoxy) is 1. The van der Waals surface area contributed by atoms with Crippen molar-refractivity contribution in [2.45, 2.75) is 44.8 Å². The van der Waals surface area contributed by atoms with Gasteiger partial charge in [0.15, 0.2) is 0 Å². The quantitative estimate of drug-likeness (QED) is 0.843. The zero-order valence-electron chi connectivity index (χ0n) is 11.0. The number of benzene rings is 1. The van der Waals surface area contributed by atoms with Crippen LogP contribution < -0.4 is 5.32 Å². The molecule has 0 radical (unpaired) electrons. The Morgan fingerprint density at radius 2 is 2.17 bits per heavy atom. The molecule has 1 aromatic rings. The third-order valence-corrected chi connectivity index (χ3v) is 3.69. The molecule has 0 bridgehead atoms. The third kappa shape index (κ3) is 3.98. The lowest BCUT2D eigenvalue weighted by Crippen LogP contribution is -2.26. The van der Waals surface area contributed by atoms with E-state index in [9.17, 15) is 0 Å². The zero-order valence-corrected chi connectivity index (χ0v) is 11.7. The van der Waals surface area contributed by atoms with Gasteiger partial charge in [-0.2, -0.15) is 0 Å². The van der Waals surface area contributed by atoms with Gasteiger partial charge in [-0.05, 0) is 49.9 Å². The van der Waals surface area contributed by atoms with Crippen molar-refractivity contribution in [3.8, 4) is 0 Å². The Kier molecular flexibility index (Phi) is 5.48. The third-order valence-electron chi connectivity index (χ3n) is 3.44. The molecule has 1 heterocycles. The summed E-state index contributed by atoms with van der Waals surface area (Å²) in [5.74, 6) is 0. The Morgan fingerprint density at radius 1 is 1.39 bits per heavy atom. The van der Waals surface area contributed by atoms with Crippen LogP contribution in [0.25, 0.3) is 0 Å². The van der Waals surface area contributed by atoms with Crippen LogP contribution in [0.2, 0.25) is 5.02 Å². The molecule has 1 aliphatic rings. The van der Waals surface area contributed by atoms with Gasteiger partial charge in [0.2, 0.25) is 0 Å². The van der Waals surface area contributed by atoms with Crippen LogP contribution in [0.4, 0.5) is 0 Å². The Labute approximate surface area is 115 Å². The minimum absolute atomic E-state index is 0.380. The van der Waals surface area contributed by atoms with E-state index in [1.54, 1.807) is 0 Å². The van der Waals surface area contributed by atoms with E-state index in [0.717, 1.165) is 31.0 Å². The van der Waals surface area contributed by atoms with Gasteiger partial charge < -0.3 is 10.1 Å². The first-order valence-electron chi connectivity index (χ1n) is 6.90. The second-order valence-electron chi connectivity index (χ2n) is 4.93. The molecule has 2 rings (SSSR count). The minimum atomic E-state index is 0.380. The summed E-state index contributed by atoms with van der Waals surface area (Å²) in [5.41, 5.74) is 1.31. The van der Waals surface area contributed by atoms with Crippen LogP contribution in [-0.4, -0.2) is 19.3 Å². The fraction of sp³-hybridized carbons (Fsp3) is 0.600. The molecular formula is C15H22ClNO. The van der Waals surface area contributed by atoms with Gasteiger partial charge in [0, 0.05) is 17.7 Å². The Balaban J connectivity index is 2.00. The lowest BCUT2D eigenvalue weighted by Gasteiger charge is -2.22. The maximum atomic E-state index is 5.95. The molecule has 0 aliphatic carbocycles. The van der Waals surface area contributed by atoms with E-state index in [1.807, 2.05) is 12.1 Å². The number of rotatable bonds is 6. The molecule has 0 aromatic heterocycles. The summed E-state index contributed by atoms with van der Waals surface area (Å²) in [4.78, 5) is 0. The van der Waals surface area contributed by atoms with Crippen LogP contribution in [-0.2, 0) is 4.74 Å². The van der Waals surface area contributed by atoms with Gasteiger partial charge in [-0.15, -0.1) is 0 Å². The lowest BCUT2D eigenvalue weighted by atomic mass is 9.99. The first kappa shape index (κ1) is 13.9. The summed E-state index contributed by atoms with van der Waals surface area (Å²) in [6.45, 7) is 4.16. The average Bonchev–Trinajstić information content (AvgIpc) is 2.88. The summed E-state index contributed by atoms with van der Waals surface area (Å²) < 4.78 is 5.74. The summed E-state index contributed by atoms with van der Waals surface area (Å²) in [6.07, 6.45) is 5.01. The van der Waals surface area contributed by atoms with Crippen LogP contribution in [0.1, 0.15) is 44.2 Å². The predicted octanol–water partition coefficient (Wildman–Crippen LogP) is 3.95. The summed E-state index contributed by atoms with van der Waals surface area (Å²) in [5, 5.41) is 4.41. The molecule has 18 heavy (non-hydrogen) atoms. The van der Waals surface area contributed by atoms with Gasteiger partial charge in [-0.1, -0.05) is 30.7 Å². The van der Waals surface area contributed by atoms with Crippen molar-refractivity contribution < 1.29 is 4.74 Å². The van der Waals surface area contributed by atoms with Crippen molar-refractivity contribution in [1.82, 2.24) is 5.32 Å². The van der Waals surface area contributed by atoms with Gasteiger partial charge in [0.1, 0.15) is 0 Å². The maximum Gasteiger partial charge on any atom is 0.0594 e. The molecule has 1 N–H and O–H groups in total. The van der Waals surface area contributed by atoms with Crippen LogP contribution in [0.3, 0.4) is 0 Å². The van der Waals surface area contributed by atoms with Gasteiger partial charge >= 0.3 is 0 Å². The molecule has 1 aromatic carbocycles. The van der Waals surface area contributed by atoms with Crippen molar-refractivity contribution in [3.63, 3.8) is 0 Å². The summed E-state index contributed by atoms with van der Waals surface area (Å²) in [7, 11) is 0. The first-order chi connectivity index (χ1) is 8.79. The maximum absolute atomic E-state index is 5.95. The molecule has 2 nitrogen and oxygen atoms in total. The summed E-state index contributed by atoms with van der Waals surface area (Å²) in [6, 6.07) is 8.54. The van der Waals surface area contributed by atoms with Gasteiger partial charge in [-0.25, -0.2) is 0 Å². The number of hydrogen-bond donors (Lipinski definition) is 1. The van der Waals surface area contributed by atoms with E-state index in [4.69, 9.17) is 16.3 Å². The molecule has 100 valence electrons. The van der Waals surface area contributed by atoms with Crippen LogP contribution in [0.15, 0.2) is 24.3 Å². The SMILES string of the molecule is CCCNC(CC1CCCO1)c1ccc(Cl)cc1. The van der Waals surface area contributed by atoms with Crippen molar-refractivity contribution in [1.29, 1.82) is 0 Å². The first-order valence-corrected chi connectivity index (χ1v) is 7.28. The van der Waals surface area contributed by atoms with E-state index < -0.39 is 0 Å². The number of nitrogens with one attached hydrogen (secondary N) is 1. The predicted molar refractivity (Wildman–Crippen MR) is 76.1 cm³/mol. The second-order valence-corrected chi connectivity index (χ2v) is 5.37. The minimum Gasteiger partial charge on any atom is -0.378 e. The zero-order chi connectivity index (χ0) is 12.8. The molecule has 0 amide bonds. The molecule has 0 spiro atoms. The van der Waals surface area contributed by atoms with E-state index >= 15 is 0 Å². The lowest BCUT2D eigenvalue weighted by molar-refractivity contribution is 0.0946. The molecular weight excluding hydrogens is 246 g/mol. The van der Waals surface area contributed by atoms with E-state index in [1.165, 1.54) is 18.4 Å². The molecule has 1 saturated heterocycles. The molecule has 2 atom stereocenters. The molecule has 3 heteroatoms. The van der Waals surface area contributed by atoms with Crippen LogP contribution in [0.5, 0.6) is 0 Å². The molecule has 0 saturated carbocycles. The highest BCUT2D eigenvalue weighted by Gasteiger charge is 2.21. The topological polar surface area (TPSA) is 21.3 Å². The highest BCUT2D eigenvalue weighted by atomic mass is 35.5. The van der Waals surface area contributed by atoms with E-state index in [0.29, 0.717) is 12.1 Å². The Hall–Kier alpha value is -0.570. The number of hydrogen-bond acceptors (Lipinski definition) is 2. The Morgan fingerprint density at radius 3 is 2.78 bits per heavy atom. The smallest absolute Gasteiger partial charge is 0.0594 e.